The molecule has 1 amide bonds. The van der Waals surface area contributed by atoms with Gasteiger partial charge >= 0.3 is 0 Å². The molecule has 0 aliphatic carbocycles. The number of amides is 1. The minimum absolute atomic E-state index is 0.0803. The number of hydrogen-bond donors (Lipinski definition) is 1. The fourth-order valence-corrected chi connectivity index (χ4v) is 3.22. The maximum Gasteiger partial charge on any atom is 0.250 e. The number of carbonyl (C=O) groups is 1. The zero-order valence-corrected chi connectivity index (χ0v) is 16.5. The second-order valence-electron chi connectivity index (χ2n) is 6.01. The van der Waals surface area contributed by atoms with Crippen LogP contribution in [0, 0.1) is 0 Å². The number of nitrogens with zero attached hydrogens (tertiary/aromatic N) is 3. The molecule has 0 atom stereocenters. The van der Waals surface area contributed by atoms with E-state index >= 15 is 0 Å². The van der Waals surface area contributed by atoms with Crippen LogP contribution in [0.3, 0.4) is 0 Å². The van der Waals surface area contributed by atoms with E-state index in [1.54, 1.807) is 13.2 Å². The first-order valence-electron chi connectivity index (χ1n) is 8.34. The van der Waals surface area contributed by atoms with E-state index in [0.717, 1.165) is 31.3 Å². The zero-order valence-electron chi connectivity index (χ0n) is 14.3. The molecule has 1 fully saturated rings. The summed E-state index contributed by atoms with van der Waals surface area (Å²) < 4.78 is 3.62. The second kappa shape index (κ2) is 8.03. The van der Waals surface area contributed by atoms with E-state index in [1.807, 2.05) is 17.0 Å². The molecule has 3 rings (SSSR count). The normalized spacial score (nSPS) is 14.9. The Hall–Kier alpha value is -1.50. The van der Waals surface area contributed by atoms with Gasteiger partial charge in [-0.2, -0.15) is 0 Å². The molecule has 0 radical (unpaired) electrons. The molecule has 0 spiro atoms. The molecule has 140 valence electrons. The van der Waals surface area contributed by atoms with Crippen molar-refractivity contribution >= 4 is 57.4 Å². The van der Waals surface area contributed by atoms with Crippen LogP contribution in [0.5, 0.6) is 5.75 Å². The number of fused-ring (bicyclic) bond motifs is 1. The van der Waals surface area contributed by atoms with Crippen LogP contribution in [0.2, 0.25) is 0 Å². The van der Waals surface area contributed by atoms with Crippen LogP contribution in [0.1, 0.15) is 25.1 Å². The van der Waals surface area contributed by atoms with Gasteiger partial charge in [0.05, 0.1) is 7.11 Å². The van der Waals surface area contributed by atoms with Gasteiger partial charge in [0.25, 0.3) is 0 Å². The summed E-state index contributed by atoms with van der Waals surface area (Å²) in [5.74, 6) is 1.45. The second-order valence-corrected chi connectivity index (χ2v) is 8.30. The van der Waals surface area contributed by atoms with E-state index in [1.165, 1.54) is 0 Å². The van der Waals surface area contributed by atoms with Crippen molar-refractivity contribution in [2.75, 3.05) is 32.1 Å². The highest BCUT2D eigenvalue weighted by atomic mass is 35.6. The number of benzene rings is 1. The van der Waals surface area contributed by atoms with Crippen LogP contribution >= 0.6 is 34.8 Å². The molecule has 6 nitrogen and oxygen atoms in total. The Morgan fingerprint density at radius 2 is 2.12 bits per heavy atom. The molecule has 1 aromatic carbocycles. The summed E-state index contributed by atoms with van der Waals surface area (Å²) in [4.78, 5) is 22.3. The molecule has 1 aliphatic heterocycles. The highest BCUT2D eigenvalue weighted by Gasteiger charge is 2.28. The number of aromatic nitrogens is 2. The zero-order chi connectivity index (χ0) is 18.7. The summed E-state index contributed by atoms with van der Waals surface area (Å²) in [5, 5.41) is 4.05. The van der Waals surface area contributed by atoms with Crippen molar-refractivity contribution in [1.82, 2.24) is 14.9 Å². The Balaban J connectivity index is 1.80. The Labute approximate surface area is 166 Å². The van der Waals surface area contributed by atoms with Gasteiger partial charge in [-0.15, -0.1) is 0 Å². The lowest BCUT2D eigenvalue weighted by atomic mass is 10.2. The van der Waals surface area contributed by atoms with E-state index in [0.29, 0.717) is 30.0 Å². The van der Waals surface area contributed by atoms with Crippen LogP contribution in [0.15, 0.2) is 18.2 Å². The number of carbonyl (C=O) groups excluding carboxylic acids is 1. The molecule has 1 aromatic heterocycles. The first-order chi connectivity index (χ1) is 12.4. The fraction of sp³-hybridized carbons (Fsp3) is 0.471. The smallest absolute Gasteiger partial charge is 0.250 e. The van der Waals surface area contributed by atoms with Gasteiger partial charge in [-0.1, -0.05) is 40.9 Å². The fourth-order valence-electron chi connectivity index (χ4n) is 2.97. The first-order valence-corrected chi connectivity index (χ1v) is 9.47. The highest BCUT2D eigenvalue weighted by Crippen LogP contribution is 2.39. The van der Waals surface area contributed by atoms with Crippen molar-refractivity contribution in [3.63, 3.8) is 0 Å². The predicted octanol–water partition coefficient (Wildman–Crippen LogP) is 3.89. The number of nitrogens with one attached hydrogen (secondary N) is 1. The summed E-state index contributed by atoms with van der Waals surface area (Å²) >= 11 is 17.9. The molecule has 0 unspecified atom stereocenters. The average Bonchev–Trinajstić information content (AvgIpc) is 3.02. The van der Waals surface area contributed by atoms with Crippen LogP contribution < -0.4 is 10.1 Å². The van der Waals surface area contributed by atoms with E-state index in [2.05, 4.69) is 15.3 Å². The SMILES string of the molecule is COc1cccc2c(NCCCN3CCCC3=O)nc(C(Cl)(Cl)Cl)nc12. The summed E-state index contributed by atoms with van der Waals surface area (Å²) in [7, 11) is 1.56. The van der Waals surface area contributed by atoms with Crippen LogP contribution in [0.25, 0.3) is 10.9 Å². The first kappa shape index (κ1) is 19.3. The number of hydrogen-bond acceptors (Lipinski definition) is 5. The van der Waals surface area contributed by atoms with Crippen molar-refractivity contribution in [3.05, 3.63) is 24.0 Å². The third-order valence-corrected chi connectivity index (χ3v) is 4.74. The van der Waals surface area contributed by atoms with E-state index < -0.39 is 3.79 Å². The third-order valence-electron chi connectivity index (χ3n) is 4.23. The van der Waals surface area contributed by atoms with Crippen molar-refractivity contribution in [1.29, 1.82) is 0 Å². The number of methoxy groups -OCH3 is 1. The topological polar surface area (TPSA) is 67.3 Å². The van der Waals surface area contributed by atoms with Gasteiger partial charge in [-0.3, -0.25) is 4.79 Å². The Morgan fingerprint density at radius 1 is 1.31 bits per heavy atom. The molecule has 1 N–H and O–H groups in total. The molecule has 1 aliphatic rings. The average molecular weight is 418 g/mol. The van der Waals surface area contributed by atoms with Gasteiger partial charge in [0.15, 0.2) is 5.82 Å². The maximum absolute atomic E-state index is 11.7. The molecule has 0 saturated carbocycles. The van der Waals surface area contributed by atoms with E-state index in [9.17, 15) is 4.79 Å². The van der Waals surface area contributed by atoms with Crippen LogP contribution in [0.4, 0.5) is 5.82 Å². The predicted molar refractivity (Wildman–Crippen MR) is 104 cm³/mol. The quantitative estimate of drug-likeness (QED) is 0.570. The number of rotatable bonds is 6. The molecule has 2 aromatic rings. The summed E-state index contributed by atoms with van der Waals surface area (Å²) in [6.45, 7) is 2.19. The van der Waals surface area contributed by atoms with Crippen LogP contribution in [-0.2, 0) is 8.59 Å². The van der Waals surface area contributed by atoms with Crippen LogP contribution in [-0.4, -0.2) is 47.5 Å². The Morgan fingerprint density at radius 3 is 2.77 bits per heavy atom. The van der Waals surface area contributed by atoms with Gasteiger partial charge in [0.1, 0.15) is 17.1 Å². The van der Waals surface area contributed by atoms with Gasteiger partial charge in [0, 0.05) is 31.4 Å². The number of halogens is 3. The molecule has 0 bridgehead atoms. The van der Waals surface area contributed by atoms with Gasteiger partial charge < -0.3 is 15.0 Å². The standard InChI is InChI=1S/C17H19Cl3N4O2/c1-26-12-6-2-5-11-14(12)22-16(17(18,19)20)23-15(11)21-8-4-10-24-9-3-7-13(24)25/h2,5-6H,3-4,7-10H2,1H3,(H,21,22,23). The number of para-hydroxylation sites is 1. The molecule has 1 saturated heterocycles. The maximum atomic E-state index is 11.7. The van der Waals surface area contributed by atoms with Crippen molar-refractivity contribution in [2.24, 2.45) is 0 Å². The largest absolute Gasteiger partial charge is 0.494 e. The minimum atomic E-state index is -1.74. The summed E-state index contributed by atoms with van der Waals surface area (Å²) in [6, 6.07) is 5.53. The minimum Gasteiger partial charge on any atom is -0.494 e. The molecule has 26 heavy (non-hydrogen) atoms. The number of ether oxygens (including phenoxy) is 1. The van der Waals surface area contributed by atoms with Crippen molar-refractivity contribution in [3.8, 4) is 5.75 Å². The van der Waals surface area contributed by atoms with Gasteiger partial charge in [-0.25, -0.2) is 9.97 Å². The molecular weight excluding hydrogens is 399 g/mol. The van der Waals surface area contributed by atoms with E-state index in [4.69, 9.17) is 39.5 Å². The number of anilines is 1. The third kappa shape index (κ3) is 4.24. The molecule has 9 heteroatoms. The number of alkyl halides is 3. The lowest BCUT2D eigenvalue weighted by Crippen LogP contribution is -2.27. The van der Waals surface area contributed by atoms with Crippen molar-refractivity contribution < 1.29 is 9.53 Å². The summed E-state index contributed by atoms with van der Waals surface area (Å²) in [5.41, 5.74) is 0.573. The van der Waals surface area contributed by atoms with Crippen molar-refractivity contribution in [2.45, 2.75) is 23.1 Å². The highest BCUT2D eigenvalue weighted by molar-refractivity contribution is 6.66. The van der Waals surface area contributed by atoms with Gasteiger partial charge in [0.2, 0.25) is 9.70 Å². The Kier molecular flexibility index (Phi) is 5.95. The lowest BCUT2D eigenvalue weighted by molar-refractivity contribution is -0.127. The monoisotopic (exact) mass is 416 g/mol. The Bertz CT molecular complexity index is 810. The van der Waals surface area contributed by atoms with E-state index in [-0.39, 0.29) is 11.7 Å². The lowest BCUT2D eigenvalue weighted by Gasteiger charge is -2.17. The number of likely N-dealkylation sites (tertiary alicyclic amines) is 1. The molecule has 2 heterocycles. The summed E-state index contributed by atoms with van der Waals surface area (Å²) in [6.07, 6.45) is 2.38. The molecular formula is C17H19Cl3N4O2. The van der Waals surface area contributed by atoms with Gasteiger partial charge in [-0.05, 0) is 25.0 Å².